The van der Waals surface area contributed by atoms with E-state index in [2.05, 4.69) is 43.8 Å². The van der Waals surface area contributed by atoms with Crippen LogP contribution in [0.5, 0.6) is 0 Å². The Hall–Kier alpha value is -1.74. The van der Waals surface area contributed by atoms with Gasteiger partial charge in [-0.05, 0) is 28.3 Å². The van der Waals surface area contributed by atoms with E-state index in [1.54, 1.807) is 16.0 Å². The number of aryl methyl sites for hydroxylation is 1. The minimum absolute atomic E-state index is 0.642. The van der Waals surface area contributed by atoms with E-state index in [9.17, 15) is 0 Å². The van der Waals surface area contributed by atoms with Crippen LogP contribution in [0, 0.1) is 0 Å². The molecular weight excluding hydrogens is 306 g/mol. The Kier molecular flexibility index (Phi) is 4.30. The van der Waals surface area contributed by atoms with Crippen LogP contribution in [0.25, 0.3) is 10.2 Å². The second-order valence-corrected chi connectivity index (χ2v) is 6.27. The van der Waals surface area contributed by atoms with Gasteiger partial charge in [0.25, 0.3) is 0 Å². The number of thiophene rings is 1. The van der Waals surface area contributed by atoms with Gasteiger partial charge in [0.1, 0.15) is 16.5 Å². The number of nitrogens with one attached hydrogen (secondary N) is 1. The largest absolute Gasteiger partial charge is 0.369 e. The van der Waals surface area contributed by atoms with Gasteiger partial charge in [0, 0.05) is 13.6 Å². The van der Waals surface area contributed by atoms with Crippen molar-refractivity contribution in [1.82, 2.24) is 30.2 Å². The quantitative estimate of drug-likeness (QED) is 0.698. The Bertz CT molecular complexity index is 736. The van der Waals surface area contributed by atoms with Gasteiger partial charge in [-0.25, -0.2) is 14.6 Å². The number of aromatic nitrogens is 6. The molecule has 0 unspecified atom stereocenters. The summed E-state index contributed by atoms with van der Waals surface area (Å²) in [6, 6.07) is 2.06. The maximum absolute atomic E-state index is 4.63. The van der Waals surface area contributed by atoms with E-state index in [1.807, 2.05) is 12.4 Å². The summed E-state index contributed by atoms with van der Waals surface area (Å²) in [4.78, 5) is 10.2. The number of rotatable bonds is 6. The van der Waals surface area contributed by atoms with Crippen LogP contribution in [0.1, 0.15) is 19.2 Å². The third-order valence-electron chi connectivity index (χ3n) is 2.83. The first-order valence-corrected chi connectivity index (χ1v) is 8.47. The Morgan fingerprint density at radius 2 is 2.29 bits per heavy atom. The van der Waals surface area contributed by atoms with Crippen molar-refractivity contribution in [3.05, 3.63) is 17.3 Å². The molecule has 9 heteroatoms. The normalized spacial score (nSPS) is 11.1. The number of thioether (sulfide) groups is 1. The number of tetrazole rings is 1. The van der Waals surface area contributed by atoms with Crippen LogP contribution in [-0.4, -0.2) is 36.7 Å². The molecule has 0 saturated carbocycles. The zero-order valence-electron chi connectivity index (χ0n) is 11.8. The Balaban J connectivity index is 1.83. The lowest BCUT2D eigenvalue weighted by molar-refractivity contribution is 0.664. The van der Waals surface area contributed by atoms with Crippen LogP contribution < -0.4 is 5.32 Å². The lowest BCUT2D eigenvalue weighted by Gasteiger charge is -2.07. The Labute approximate surface area is 130 Å². The average molecular weight is 321 g/mol. The van der Waals surface area contributed by atoms with E-state index in [-0.39, 0.29) is 0 Å². The maximum Gasteiger partial charge on any atom is 0.209 e. The number of nitrogens with zero attached hydrogens (tertiary/aromatic N) is 6. The topological polar surface area (TPSA) is 81.4 Å². The highest BCUT2D eigenvalue weighted by molar-refractivity contribution is 7.98. The number of hydrogen-bond acceptors (Lipinski definition) is 8. The monoisotopic (exact) mass is 321 g/mol. The minimum atomic E-state index is 0.642. The van der Waals surface area contributed by atoms with Crippen molar-refractivity contribution in [1.29, 1.82) is 0 Å². The van der Waals surface area contributed by atoms with E-state index in [0.717, 1.165) is 40.0 Å². The molecule has 0 fully saturated rings. The molecule has 0 radical (unpaired) electrons. The lowest BCUT2D eigenvalue weighted by Crippen LogP contribution is -2.05. The predicted octanol–water partition coefficient (Wildman–Crippen LogP) is 2.33. The Morgan fingerprint density at radius 1 is 1.38 bits per heavy atom. The van der Waals surface area contributed by atoms with Crippen molar-refractivity contribution in [2.24, 2.45) is 7.05 Å². The fourth-order valence-electron chi connectivity index (χ4n) is 1.81. The van der Waals surface area contributed by atoms with E-state index in [0.29, 0.717) is 5.75 Å². The van der Waals surface area contributed by atoms with Crippen LogP contribution in [0.15, 0.2) is 16.6 Å². The standard InChI is InChI=1S/C12H15N7S2/c1-3-5-13-10-8-4-6-20-11(8)15-9(14-10)7-21-12-16-17-18-19(12)2/h4,6H,3,5,7H2,1-2H3,(H,13,14,15). The van der Waals surface area contributed by atoms with Gasteiger partial charge in [-0.15, -0.1) is 16.4 Å². The first-order valence-electron chi connectivity index (χ1n) is 6.61. The summed E-state index contributed by atoms with van der Waals surface area (Å²) in [6.45, 7) is 3.04. The van der Waals surface area contributed by atoms with E-state index >= 15 is 0 Å². The van der Waals surface area contributed by atoms with Crippen LogP contribution in [0.4, 0.5) is 5.82 Å². The SMILES string of the molecule is CCCNc1nc(CSc2nnnn2C)nc2sccc12. The number of hydrogen-bond donors (Lipinski definition) is 1. The van der Waals surface area contributed by atoms with Gasteiger partial charge in [0.05, 0.1) is 11.1 Å². The molecule has 0 bridgehead atoms. The average Bonchev–Trinajstić information content (AvgIpc) is 3.11. The van der Waals surface area contributed by atoms with Crippen molar-refractivity contribution < 1.29 is 0 Å². The molecule has 0 aromatic carbocycles. The highest BCUT2D eigenvalue weighted by Crippen LogP contribution is 2.27. The van der Waals surface area contributed by atoms with Crippen molar-refractivity contribution in [3.63, 3.8) is 0 Å². The van der Waals surface area contributed by atoms with Gasteiger partial charge in [-0.1, -0.05) is 18.7 Å². The first-order chi connectivity index (χ1) is 10.3. The van der Waals surface area contributed by atoms with Crippen molar-refractivity contribution in [2.75, 3.05) is 11.9 Å². The predicted molar refractivity (Wildman–Crippen MR) is 84.6 cm³/mol. The van der Waals surface area contributed by atoms with Crippen molar-refractivity contribution in [3.8, 4) is 0 Å². The molecule has 0 spiro atoms. The smallest absolute Gasteiger partial charge is 0.209 e. The zero-order chi connectivity index (χ0) is 14.7. The molecule has 0 aliphatic heterocycles. The van der Waals surface area contributed by atoms with Gasteiger partial charge < -0.3 is 5.32 Å². The van der Waals surface area contributed by atoms with Gasteiger partial charge >= 0.3 is 0 Å². The molecule has 0 amide bonds. The second-order valence-electron chi connectivity index (χ2n) is 4.43. The fourth-order valence-corrected chi connectivity index (χ4v) is 3.30. The molecule has 0 aliphatic carbocycles. The summed E-state index contributed by atoms with van der Waals surface area (Å²) in [5.74, 6) is 2.34. The second kappa shape index (κ2) is 6.35. The highest BCUT2D eigenvalue weighted by Gasteiger charge is 2.10. The van der Waals surface area contributed by atoms with Gasteiger partial charge in [0.2, 0.25) is 5.16 Å². The molecule has 0 atom stereocenters. The summed E-state index contributed by atoms with van der Waals surface area (Å²) in [5, 5.41) is 18.6. The van der Waals surface area contributed by atoms with E-state index in [1.165, 1.54) is 11.8 Å². The van der Waals surface area contributed by atoms with E-state index < -0.39 is 0 Å². The van der Waals surface area contributed by atoms with Gasteiger partial charge in [0.15, 0.2) is 0 Å². The number of fused-ring (bicyclic) bond motifs is 1. The van der Waals surface area contributed by atoms with Crippen molar-refractivity contribution in [2.45, 2.75) is 24.3 Å². The summed E-state index contributed by atoms with van der Waals surface area (Å²) < 4.78 is 1.64. The molecule has 3 heterocycles. The molecule has 0 aliphatic rings. The summed E-state index contributed by atoms with van der Waals surface area (Å²) in [7, 11) is 1.82. The Morgan fingerprint density at radius 3 is 3.05 bits per heavy atom. The molecule has 3 aromatic heterocycles. The summed E-state index contributed by atoms with van der Waals surface area (Å²) in [5.41, 5.74) is 0. The van der Waals surface area contributed by atoms with Crippen LogP contribution in [0.3, 0.4) is 0 Å². The molecule has 3 aromatic rings. The van der Waals surface area contributed by atoms with Gasteiger partial charge in [-0.2, -0.15) is 0 Å². The summed E-state index contributed by atoms with van der Waals surface area (Å²) >= 11 is 3.16. The molecule has 7 nitrogen and oxygen atoms in total. The molecule has 110 valence electrons. The summed E-state index contributed by atoms with van der Waals surface area (Å²) in [6.07, 6.45) is 1.06. The lowest BCUT2D eigenvalue weighted by atomic mass is 10.3. The van der Waals surface area contributed by atoms with Crippen LogP contribution in [-0.2, 0) is 12.8 Å². The molecule has 3 rings (SSSR count). The van der Waals surface area contributed by atoms with Crippen LogP contribution >= 0.6 is 23.1 Å². The first kappa shape index (κ1) is 14.2. The third-order valence-corrected chi connectivity index (χ3v) is 4.64. The van der Waals surface area contributed by atoms with E-state index in [4.69, 9.17) is 0 Å². The molecule has 1 N–H and O–H groups in total. The third kappa shape index (κ3) is 3.13. The number of anilines is 1. The molecule has 0 saturated heterocycles. The fraction of sp³-hybridized carbons (Fsp3) is 0.417. The minimum Gasteiger partial charge on any atom is -0.369 e. The zero-order valence-corrected chi connectivity index (χ0v) is 13.4. The van der Waals surface area contributed by atoms with Gasteiger partial charge in [-0.3, -0.25) is 0 Å². The highest BCUT2D eigenvalue weighted by atomic mass is 32.2. The van der Waals surface area contributed by atoms with Crippen molar-refractivity contribution >= 4 is 39.1 Å². The van der Waals surface area contributed by atoms with Crippen LogP contribution in [0.2, 0.25) is 0 Å². The molecular formula is C12H15N7S2. The molecule has 21 heavy (non-hydrogen) atoms. The maximum atomic E-state index is 4.63.